The lowest BCUT2D eigenvalue weighted by atomic mass is 10.0. The summed E-state index contributed by atoms with van der Waals surface area (Å²) in [7, 11) is 0. The Morgan fingerprint density at radius 1 is 1.09 bits per heavy atom. The molecule has 2 aromatic rings. The molecule has 0 aromatic heterocycles. The Kier molecular flexibility index (Phi) is 6.77. The van der Waals surface area contributed by atoms with E-state index in [1.165, 1.54) is 0 Å². The molecule has 1 N–H and O–H groups in total. The maximum absolute atomic E-state index is 13.2. The zero-order valence-corrected chi connectivity index (χ0v) is 19.7. The number of carbonyl (C=O) groups is 1. The third-order valence-electron chi connectivity index (χ3n) is 6.04. The molecule has 0 aliphatic carbocycles. The minimum Gasteiger partial charge on any atom is -0.463 e. The van der Waals surface area contributed by atoms with Crippen LogP contribution in [0.25, 0.3) is 6.08 Å². The molecule has 0 amide bonds. The van der Waals surface area contributed by atoms with Crippen molar-refractivity contribution in [2.45, 2.75) is 78.0 Å². The van der Waals surface area contributed by atoms with Crippen LogP contribution in [-0.4, -0.2) is 29.1 Å². The molecular weight excluding hydrogens is 420 g/mol. The number of hydrogen-bond acceptors (Lipinski definition) is 6. The van der Waals surface area contributed by atoms with Crippen molar-refractivity contribution >= 4 is 12.0 Å². The molecule has 0 unspecified atom stereocenters. The van der Waals surface area contributed by atoms with Gasteiger partial charge in [0.25, 0.3) is 0 Å². The molecule has 0 saturated heterocycles. The lowest BCUT2D eigenvalue weighted by molar-refractivity contribution is -0.180. The molecule has 2 aliphatic rings. The number of aliphatic hydroxyl groups is 1. The van der Waals surface area contributed by atoms with Crippen LogP contribution in [0, 0.1) is 6.92 Å². The summed E-state index contributed by atoms with van der Waals surface area (Å²) in [5, 5.41) is 11.0. The molecule has 0 spiro atoms. The van der Waals surface area contributed by atoms with Crippen molar-refractivity contribution in [3.8, 4) is 17.2 Å². The van der Waals surface area contributed by atoms with Gasteiger partial charge in [0.15, 0.2) is 0 Å². The van der Waals surface area contributed by atoms with Gasteiger partial charge in [0.2, 0.25) is 5.79 Å². The number of benzene rings is 2. The van der Waals surface area contributed by atoms with E-state index < -0.39 is 24.0 Å². The SMILES string of the molecule is CCCCC[C@@H]1OC(=O)c2c(C)cccc2Oc2ccc3c(c2/C=C/[C@H]1O)COC(C)(C)O3. The van der Waals surface area contributed by atoms with Crippen LogP contribution in [0.1, 0.15) is 73.5 Å². The summed E-state index contributed by atoms with van der Waals surface area (Å²) in [6, 6.07) is 9.12. The largest absolute Gasteiger partial charge is 0.463 e. The van der Waals surface area contributed by atoms with Crippen molar-refractivity contribution < 1.29 is 28.8 Å². The van der Waals surface area contributed by atoms with Crippen LogP contribution in [0.3, 0.4) is 0 Å². The van der Waals surface area contributed by atoms with Gasteiger partial charge in [-0.05, 0) is 43.5 Å². The van der Waals surface area contributed by atoms with Crippen molar-refractivity contribution in [3.63, 3.8) is 0 Å². The molecule has 6 nitrogen and oxygen atoms in total. The van der Waals surface area contributed by atoms with E-state index >= 15 is 0 Å². The van der Waals surface area contributed by atoms with Crippen molar-refractivity contribution in [2.24, 2.45) is 0 Å². The third-order valence-corrected chi connectivity index (χ3v) is 6.04. The first kappa shape index (κ1) is 23.3. The van der Waals surface area contributed by atoms with E-state index in [0.717, 1.165) is 36.0 Å². The molecule has 0 fully saturated rings. The summed E-state index contributed by atoms with van der Waals surface area (Å²) in [6.07, 6.45) is 5.34. The number of fused-ring (bicyclic) bond motifs is 4. The Hall–Kier alpha value is -2.83. The maximum Gasteiger partial charge on any atom is 0.342 e. The van der Waals surface area contributed by atoms with Gasteiger partial charge in [-0.15, -0.1) is 0 Å². The summed E-state index contributed by atoms with van der Waals surface area (Å²) >= 11 is 0. The molecule has 2 aliphatic heterocycles. The second-order valence-electron chi connectivity index (χ2n) is 9.08. The quantitative estimate of drug-likeness (QED) is 0.458. The number of aryl methyl sites for hydroxylation is 1. The fourth-order valence-corrected chi connectivity index (χ4v) is 4.20. The third kappa shape index (κ3) is 5.07. The summed E-state index contributed by atoms with van der Waals surface area (Å²) in [4.78, 5) is 13.2. The number of rotatable bonds is 4. The lowest BCUT2D eigenvalue weighted by Crippen LogP contribution is -2.35. The summed E-state index contributed by atoms with van der Waals surface area (Å²) < 4.78 is 24.0. The highest BCUT2D eigenvalue weighted by Gasteiger charge is 2.31. The van der Waals surface area contributed by atoms with Gasteiger partial charge < -0.3 is 24.1 Å². The van der Waals surface area contributed by atoms with Crippen LogP contribution in [0.15, 0.2) is 36.4 Å². The fraction of sp³-hybridized carbons (Fsp3) is 0.444. The molecule has 4 rings (SSSR count). The Balaban J connectivity index is 1.82. The van der Waals surface area contributed by atoms with Crippen LogP contribution in [0.5, 0.6) is 17.2 Å². The second kappa shape index (κ2) is 9.57. The van der Waals surface area contributed by atoms with Crippen molar-refractivity contribution in [1.82, 2.24) is 0 Å². The van der Waals surface area contributed by atoms with E-state index in [9.17, 15) is 9.90 Å². The molecule has 2 atom stereocenters. The van der Waals surface area contributed by atoms with Gasteiger partial charge in [-0.1, -0.05) is 44.1 Å². The zero-order valence-electron chi connectivity index (χ0n) is 19.7. The van der Waals surface area contributed by atoms with E-state index in [4.69, 9.17) is 18.9 Å². The highest BCUT2D eigenvalue weighted by molar-refractivity contribution is 5.94. The Morgan fingerprint density at radius 2 is 1.88 bits per heavy atom. The lowest BCUT2D eigenvalue weighted by Gasteiger charge is -2.33. The first-order valence-electron chi connectivity index (χ1n) is 11.6. The Morgan fingerprint density at radius 3 is 2.67 bits per heavy atom. The van der Waals surface area contributed by atoms with Crippen LogP contribution < -0.4 is 9.47 Å². The fourth-order valence-electron chi connectivity index (χ4n) is 4.20. The number of aliphatic hydroxyl groups excluding tert-OH is 1. The Bertz CT molecular complexity index is 1050. The van der Waals surface area contributed by atoms with Crippen molar-refractivity contribution in [3.05, 3.63) is 58.7 Å². The van der Waals surface area contributed by atoms with Gasteiger partial charge in [-0.25, -0.2) is 4.79 Å². The molecule has 6 heteroatoms. The summed E-state index contributed by atoms with van der Waals surface area (Å²) in [5.41, 5.74) is 2.69. The van der Waals surface area contributed by atoms with E-state index in [0.29, 0.717) is 35.8 Å². The summed E-state index contributed by atoms with van der Waals surface area (Å²) in [5.74, 6) is 0.447. The molecule has 2 heterocycles. The number of ether oxygens (including phenoxy) is 4. The van der Waals surface area contributed by atoms with Crippen LogP contribution in [0.2, 0.25) is 0 Å². The van der Waals surface area contributed by atoms with Crippen LogP contribution in [-0.2, 0) is 16.1 Å². The smallest absolute Gasteiger partial charge is 0.342 e. The molecule has 176 valence electrons. The standard InChI is InChI=1S/C27H32O6/c1-5-6-7-10-23-20(28)13-12-18-19-16-30-27(3,4)33-22(19)15-14-21(18)31-24-11-8-9-17(2)25(24)26(29)32-23/h8-9,11-15,20,23,28H,5-7,10,16H2,1-4H3/b13-12+/t20-,23+/m1/s1. The Labute approximate surface area is 195 Å². The van der Waals surface area contributed by atoms with E-state index in [2.05, 4.69) is 6.92 Å². The van der Waals surface area contributed by atoms with E-state index in [1.807, 2.05) is 51.1 Å². The van der Waals surface area contributed by atoms with Gasteiger partial charge in [0.05, 0.1) is 6.61 Å². The molecule has 0 radical (unpaired) electrons. The topological polar surface area (TPSA) is 74.2 Å². The number of hydrogen-bond donors (Lipinski definition) is 1. The van der Waals surface area contributed by atoms with E-state index in [1.54, 1.807) is 12.1 Å². The van der Waals surface area contributed by atoms with Crippen molar-refractivity contribution in [1.29, 1.82) is 0 Å². The maximum atomic E-state index is 13.2. The van der Waals surface area contributed by atoms with Gasteiger partial charge in [-0.3, -0.25) is 0 Å². The van der Waals surface area contributed by atoms with Crippen LogP contribution >= 0.6 is 0 Å². The minimum atomic E-state index is -0.957. The minimum absolute atomic E-state index is 0.339. The molecule has 0 bridgehead atoms. The van der Waals surface area contributed by atoms with Crippen molar-refractivity contribution in [2.75, 3.05) is 0 Å². The average molecular weight is 453 g/mol. The monoisotopic (exact) mass is 452 g/mol. The normalized spacial score (nSPS) is 22.4. The second-order valence-corrected chi connectivity index (χ2v) is 9.08. The van der Waals surface area contributed by atoms with Gasteiger partial charge in [-0.2, -0.15) is 0 Å². The predicted molar refractivity (Wildman–Crippen MR) is 126 cm³/mol. The van der Waals surface area contributed by atoms with Gasteiger partial charge in [0, 0.05) is 25.0 Å². The predicted octanol–water partition coefficient (Wildman–Crippen LogP) is 5.93. The molecule has 2 aromatic carbocycles. The first-order chi connectivity index (χ1) is 15.8. The molecule has 33 heavy (non-hydrogen) atoms. The summed E-state index contributed by atoms with van der Waals surface area (Å²) in [6.45, 7) is 8.03. The molecule has 0 saturated carbocycles. The number of esters is 1. The number of cyclic esters (lactones) is 1. The van der Waals surface area contributed by atoms with Gasteiger partial charge in [0.1, 0.15) is 35.0 Å². The van der Waals surface area contributed by atoms with Crippen LogP contribution in [0.4, 0.5) is 0 Å². The van der Waals surface area contributed by atoms with E-state index in [-0.39, 0.29) is 0 Å². The average Bonchev–Trinajstić information content (AvgIpc) is 2.78. The first-order valence-corrected chi connectivity index (χ1v) is 11.6. The highest BCUT2D eigenvalue weighted by atomic mass is 16.7. The molecular formula is C27H32O6. The number of unbranched alkanes of at least 4 members (excludes halogenated alkanes) is 2. The highest BCUT2D eigenvalue weighted by Crippen LogP contribution is 2.41. The van der Waals surface area contributed by atoms with Gasteiger partial charge >= 0.3 is 5.97 Å². The zero-order chi connectivity index (χ0) is 23.6. The number of carbonyl (C=O) groups excluding carboxylic acids is 1.